The molecule has 6 heteroatoms. The second-order valence-corrected chi connectivity index (χ2v) is 6.48. The number of hydrogen-bond acceptors (Lipinski definition) is 2. The number of likely N-dealkylation sites (N-methyl/N-ethyl adjacent to an activating group) is 1. The third kappa shape index (κ3) is 5.30. The molecule has 0 saturated carbocycles. The molecule has 0 radical (unpaired) electrons. The van der Waals surface area contributed by atoms with E-state index in [2.05, 4.69) is 27.9 Å². The fraction of sp³-hybridized carbons (Fsp3) is 0.222. The van der Waals surface area contributed by atoms with Crippen LogP contribution in [0.4, 0.5) is 4.39 Å². The molecule has 1 N–H and O–H groups in total. The Morgan fingerprint density at radius 2 is 1.71 bits per heavy atom. The highest BCUT2D eigenvalue weighted by atomic mass is 127. The van der Waals surface area contributed by atoms with Crippen LogP contribution < -0.4 is 5.32 Å². The molecule has 0 unspecified atom stereocenters. The summed E-state index contributed by atoms with van der Waals surface area (Å²) in [6.45, 7) is 2.56. The van der Waals surface area contributed by atoms with Crippen molar-refractivity contribution in [3.8, 4) is 0 Å². The molecule has 24 heavy (non-hydrogen) atoms. The van der Waals surface area contributed by atoms with Gasteiger partial charge in [-0.15, -0.1) is 0 Å². The van der Waals surface area contributed by atoms with E-state index < -0.39 is 0 Å². The summed E-state index contributed by atoms with van der Waals surface area (Å²) in [7, 11) is 0. The van der Waals surface area contributed by atoms with Gasteiger partial charge in [0.15, 0.2) is 0 Å². The summed E-state index contributed by atoms with van der Waals surface area (Å²) in [6, 6.07) is 13.1. The van der Waals surface area contributed by atoms with Crippen molar-refractivity contribution in [2.75, 3.05) is 13.1 Å². The molecule has 0 fully saturated rings. The lowest BCUT2D eigenvalue weighted by molar-refractivity contribution is -0.121. The van der Waals surface area contributed by atoms with Crippen LogP contribution in [0.1, 0.15) is 22.8 Å². The predicted molar refractivity (Wildman–Crippen MR) is 99.0 cm³/mol. The van der Waals surface area contributed by atoms with Crippen LogP contribution in [0, 0.1) is 9.39 Å². The minimum absolute atomic E-state index is 0.0114. The first-order valence-electron chi connectivity index (χ1n) is 7.55. The van der Waals surface area contributed by atoms with E-state index in [1.807, 2.05) is 19.1 Å². The van der Waals surface area contributed by atoms with Crippen LogP contribution >= 0.6 is 22.6 Å². The van der Waals surface area contributed by atoms with Crippen molar-refractivity contribution in [2.45, 2.75) is 13.5 Å². The number of carbonyl (C=O) groups excluding carboxylic acids is 2. The van der Waals surface area contributed by atoms with Gasteiger partial charge in [-0.1, -0.05) is 12.1 Å². The van der Waals surface area contributed by atoms with Crippen LogP contribution in [-0.2, 0) is 11.3 Å². The second-order valence-electron chi connectivity index (χ2n) is 5.23. The first kappa shape index (κ1) is 18.4. The standard InChI is InChI=1S/C18H18FIN2O2/c1-2-22(18(24)14-5-9-16(20)10-6-14)12-17(23)21-11-13-3-7-15(19)8-4-13/h3-10H,2,11-12H2,1H3,(H,21,23). The molecule has 2 amide bonds. The molecular weight excluding hydrogens is 422 g/mol. The number of amides is 2. The molecule has 0 aliphatic carbocycles. The van der Waals surface area contributed by atoms with E-state index in [4.69, 9.17) is 0 Å². The normalized spacial score (nSPS) is 10.3. The summed E-state index contributed by atoms with van der Waals surface area (Å²) in [6.07, 6.45) is 0. The lowest BCUT2D eigenvalue weighted by Crippen LogP contribution is -2.40. The summed E-state index contributed by atoms with van der Waals surface area (Å²) in [5.74, 6) is -0.740. The topological polar surface area (TPSA) is 49.4 Å². The van der Waals surface area contributed by atoms with Crippen LogP contribution in [0.2, 0.25) is 0 Å². The zero-order valence-corrected chi connectivity index (χ0v) is 15.4. The summed E-state index contributed by atoms with van der Waals surface area (Å²) < 4.78 is 13.9. The Labute approximate surface area is 154 Å². The van der Waals surface area contributed by atoms with Gasteiger partial charge in [-0.25, -0.2) is 4.39 Å². The lowest BCUT2D eigenvalue weighted by Gasteiger charge is -2.20. The van der Waals surface area contributed by atoms with Crippen LogP contribution in [0.15, 0.2) is 48.5 Å². The molecule has 2 aromatic carbocycles. The molecule has 2 aromatic rings. The van der Waals surface area contributed by atoms with E-state index in [0.717, 1.165) is 9.13 Å². The minimum atomic E-state index is -0.314. The van der Waals surface area contributed by atoms with E-state index in [9.17, 15) is 14.0 Å². The largest absolute Gasteiger partial charge is 0.350 e. The van der Waals surface area contributed by atoms with Crippen LogP contribution in [0.5, 0.6) is 0 Å². The maximum Gasteiger partial charge on any atom is 0.254 e. The quantitative estimate of drug-likeness (QED) is 0.702. The third-order valence-electron chi connectivity index (χ3n) is 3.50. The first-order valence-corrected chi connectivity index (χ1v) is 8.63. The molecule has 4 nitrogen and oxygen atoms in total. The van der Waals surface area contributed by atoms with Gasteiger partial charge in [-0.3, -0.25) is 9.59 Å². The number of nitrogens with zero attached hydrogens (tertiary/aromatic N) is 1. The first-order chi connectivity index (χ1) is 11.5. The Morgan fingerprint density at radius 3 is 2.29 bits per heavy atom. The van der Waals surface area contributed by atoms with Crippen molar-refractivity contribution < 1.29 is 14.0 Å². The lowest BCUT2D eigenvalue weighted by atomic mass is 10.2. The molecule has 2 rings (SSSR count). The molecule has 0 spiro atoms. The molecule has 0 atom stereocenters. The average molecular weight is 440 g/mol. The summed E-state index contributed by atoms with van der Waals surface area (Å²) in [5, 5.41) is 2.74. The predicted octanol–water partition coefficient (Wildman–Crippen LogP) is 3.21. The SMILES string of the molecule is CCN(CC(=O)NCc1ccc(F)cc1)C(=O)c1ccc(I)cc1. The number of halogens is 2. The molecule has 0 aliphatic heterocycles. The van der Waals surface area contributed by atoms with Crippen molar-refractivity contribution in [1.82, 2.24) is 10.2 Å². The molecular formula is C18H18FIN2O2. The van der Waals surface area contributed by atoms with Gasteiger partial charge >= 0.3 is 0 Å². The number of carbonyl (C=O) groups is 2. The maximum atomic E-state index is 12.8. The van der Waals surface area contributed by atoms with Gasteiger partial charge in [-0.05, 0) is 71.5 Å². The number of nitrogens with one attached hydrogen (secondary N) is 1. The van der Waals surface area contributed by atoms with Gasteiger partial charge in [0.25, 0.3) is 5.91 Å². The molecule has 0 aromatic heterocycles. The van der Waals surface area contributed by atoms with E-state index in [0.29, 0.717) is 18.7 Å². The highest BCUT2D eigenvalue weighted by molar-refractivity contribution is 14.1. The maximum absolute atomic E-state index is 12.8. The Morgan fingerprint density at radius 1 is 1.08 bits per heavy atom. The average Bonchev–Trinajstić information content (AvgIpc) is 2.59. The van der Waals surface area contributed by atoms with E-state index in [-0.39, 0.29) is 24.2 Å². The Bertz CT molecular complexity index is 702. The van der Waals surface area contributed by atoms with Crippen LogP contribution in [0.25, 0.3) is 0 Å². The molecule has 0 heterocycles. The van der Waals surface area contributed by atoms with E-state index in [1.165, 1.54) is 17.0 Å². The third-order valence-corrected chi connectivity index (χ3v) is 4.22. The smallest absolute Gasteiger partial charge is 0.254 e. The molecule has 0 aliphatic rings. The van der Waals surface area contributed by atoms with Crippen LogP contribution in [0.3, 0.4) is 0 Å². The van der Waals surface area contributed by atoms with Crippen molar-refractivity contribution in [1.29, 1.82) is 0 Å². The monoisotopic (exact) mass is 440 g/mol. The molecule has 126 valence electrons. The van der Waals surface area contributed by atoms with Gasteiger partial charge in [0.05, 0.1) is 6.54 Å². The van der Waals surface area contributed by atoms with Crippen molar-refractivity contribution in [2.24, 2.45) is 0 Å². The van der Waals surface area contributed by atoms with Gasteiger partial charge in [-0.2, -0.15) is 0 Å². The van der Waals surface area contributed by atoms with Gasteiger partial charge in [0.2, 0.25) is 5.91 Å². The minimum Gasteiger partial charge on any atom is -0.350 e. The highest BCUT2D eigenvalue weighted by Gasteiger charge is 2.17. The molecule has 0 bridgehead atoms. The van der Waals surface area contributed by atoms with Crippen LogP contribution in [-0.4, -0.2) is 29.8 Å². The van der Waals surface area contributed by atoms with E-state index in [1.54, 1.807) is 24.3 Å². The van der Waals surface area contributed by atoms with Gasteiger partial charge in [0, 0.05) is 22.2 Å². The zero-order chi connectivity index (χ0) is 17.5. The van der Waals surface area contributed by atoms with Crippen molar-refractivity contribution in [3.63, 3.8) is 0 Å². The fourth-order valence-corrected chi connectivity index (χ4v) is 2.49. The number of hydrogen-bond donors (Lipinski definition) is 1. The zero-order valence-electron chi connectivity index (χ0n) is 13.3. The summed E-state index contributed by atoms with van der Waals surface area (Å²) >= 11 is 2.17. The number of benzene rings is 2. The summed E-state index contributed by atoms with van der Waals surface area (Å²) in [5.41, 5.74) is 1.36. The Kier molecular flexibility index (Phi) is 6.72. The molecule has 0 saturated heterocycles. The van der Waals surface area contributed by atoms with Gasteiger partial charge in [0.1, 0.15) is 5.82 Å². The second kappa shape index (κ2) is 8.77. The van der Waals surface area contributed by atoms with Gasteiger partial charge < -0.3 is 10.2 Å². The number of rotatable bonds is 6. The fourth-order valence-electron chi connectivity index (χ4n) is 2.13. The van der Waals surface area contributed by atoms with Crippen molar-refractivity contribution in [3.05, 3.63) is 69.0 Å². The Hall–Kier alpha value is -1.96. The van der Waals surface area contributed by atoms with Crippen molar-refractivity contribution >= 4 is 34.4 Å². The Balaban J connectivity index is 1.91. The van der Waals surface area contributed by atoms with E-state index >= 15 is 0 Å². The summed E-state index contributed by atoms with van der Waals surface area (Å²) in [4.78, 5) is 26.0. The highest BCUT2D eigenvalue weighted by Crippen LogP contribution is 2.09.